The van der Waals surface area contributed by atoms with Crippen LogP contribution in [0.1, 0.15) is 92.3 Å². The summed E-state index contributed by atoms with van der Waals surface area (Å²) < 4.78 is 5.78. The SMILES string of the molecule is CC1(C)C[C@@H]1C(=O)N1CC2(CCN(C(=O)c3cn[nH]c3)C2)C1.C[C@@H]1C[C@H](C)CN(C(=O)[C@H](COCC2CCCCC2)NC=O)C1.[HH].[HH]. The van der Waals surface area contributed by atoms with Gasteiger partial charge in [-0.3, -0.25) is 24.3 Å². The molecule has 4 heterocycles. The zero-order chi connectivity index (χ0) is 32.2. The quantitative estimate of drug-likeness (QED) is 0.400. The van der Waals surface area contributed by atoms with E-state index in [1.54, 1.807) is 12.4 Å². The number of piperidine rings is 1. The van der Waals surface area contributed by atoms with Crippen molar-refractivity contribution in [3.05, 3.63) is 18.0 Å². The second-order valence-electron chi connectivity index (χ2n) is 15.5. The molecule has 0 bridgehead atoms. The lowest BCUT2D eigenvalue weighted by Gasteiger charge is -2.48. The number of carbonyl (C=O) groups excluding carboxylic acids is 4. The van der Waals surface area contributed by atoms with Crippen LogP contribution in [0.3, 0.4) is 0 Å². The highest BCUT2D eigenvalue weighted by molar-refractivity contribution is 5.94. The Balaban J connectivity index is 0.000000245. The number of H-pyrrole nitrogens is 1. The Labute approximate surface area is 271 Å². The Morgan fingerprint density at radius 3 is 2.36 bits per heavy atom. The molecule has 1 spiro atoms. The second kappa shape index (κ2) is 14.2. The number of ether oxygens (including phenoxy) is 1. The first-order chi connectivity index (χ1) is 21.5. The zero-order valence-electron chi connectivity index (χ0n) is 27.8. The van der Waals surface area contributed by atoms with Crippen LogP contribution >= 0.6 is 0 Å². The van der Waals surface area contributed by atoms with Crippen LogP contribution < -0.4 is 5.32 Å². The van der Waals surface area contributed by atoms with E-state index in [1.165, 1.54) is 32.1 Å². The van der Waals surface area contributed by atoms with Crippen LogP contribution in [0, 0.1) is 34.5 Å². The van der Waals surface area contributed by atoms with Crippen LogP contribution in [0.2, 0.25) is 0 Å². The lowest BCUT2D eigenvalue weighted by Crippen LogP contribution is -2.60. The minimum atomic E-state index is -0.548. The Morgan fingerprint density at radius 2 is 1.76 bits per heavy atom. The van der Waals surface area contributed by atoms with Gasteiger partial charge >= 0.3 is 0 Å². The van der Waals surface area contributed by atoms with Crippen molar-refractivity contribution < 1.29 is 26.8 Å². The number of hydrogen-bond acceptors (Lipinski definition) is 6. The van der Waals surface area contributed by atoms with E-state index in [4.69, 9.17) is 4.74 Å². The van der Waals surface area contributed by atoms with Gasteiger partial charge in [0.05, 0.1) is 18.4 Å². The van der Waals surface area contributed by atoms with Gasteiger partial charge in [-0.2, -0.15) is 5.10 Å². The first-order valence-electron chi connectivity index (χ1n) is 17.1. The van der Waals surface area contributed by atoms with Crippen molar-refractivity contribution in [1.82, 2.24) is 30.2 Å². The molecule has 1 aromatic rings. The van der Waals surface area contributed by atoms with Gasteiger partial charge < -0.3 is 24.8 Å². The van der Waals surface area contributed by atoms with Gasteiger partial charge in [0.15, 0.2) is 0 Å². The topological polar surface area (TPSA) is 128 Å². The minimum Gasteiger partial charge on any atom is -0.378 e. The number of amides is 4. The maximum absolute atomic E-state index is 12.7. The van der Waals surface area contributed by atoms with Crippen molar-refractivity contribution in [2.75, 3.05) is 52.5 Å². The summed E-state index contributed by atoms with van der Waals surface area (Å²) in [6, 6.07) is -0.548. The summed E-state index contributed by atoms with van der Waals surface area (Å²) in [6.07, 6.45) is 13.3. The number of likely N-dealkylation sites (tertiary alicyclic amines) is 3. The van der Waals surface area contributed by atoms with Crippen molar-refractivity contribution in [2.45, 2.75) is 85.1 Å². The van der Waals surface area contributed by atoms with Gasteiger partial charge in [-0.05, 0) is 55.3 Å². The van der Waals surface area contributed by atoms with Gasteiger partial charge in [0, 0.05) is 66.3 Å². The summed E-state index contributed by atoms with van der Waals surface area (Å²) in [5.74, 6) is 2.22. The molecule has 3 saturated heterocycles. The third-order valence-corrected chi connectivity index (χ3v) is 10.8. The third-order valence-electron chi connectivity index (χ3n) is 10.8. The molecule has 0 radical (unpaired) electrons. The van der Waals surface area contributed by atoms with Crippen LogP contribution in [0.15, 0.2) is 12.4 Å². The molecule has 2 aliphatic carbocycles. The van der Waals surface area contributed by atoms with Crippen molar-refractivity contribution in [3.63, 3.8) is 0 Å². The first-order valence-corrected chi connectivity index (χ1v) is 17.1. The molecule has 6 rings (SSSR count). The zero-order valence-corrected chi connectivity index (χ0v) is 27.8. The number of hydrogen-bond donors (Lipinski definition) is 2. The van der Waals surface area contributed by atoms with Gasteiger partial charge in [-0.25, -0.2) is 0 Å². The number of rotatable bonds is 9. The summed E-state index contributed by atoms with van der Waals surface area (Å²) in [6.45, 7) is 14.4. The predicted molar refractivity (Wildman–Crippen MR) is 174 cm³/mol. The summed E-state index contributed by atoms with van der Waals surface area (Å²) >= 11 is 0. The lowest BCUT2D eigenvalue weighted by molar-refractivity contribution is -0.144. The molecule has 0 aromatic carbocycles. The molecular weight excluding hydrogens is 572 g/mol. The van der Waals surface area contributed by atoms with Crippen molar-refractivity contribution in [2.24, 2.45) is 34.5 Å². The van der Waals surface area contributed by atoms with Crippen LogP contribution in [0.4, 0.5) is 0 Å². The molecule has 3 aliphatic heterocycles. The van der Waals surface area contributed by atoms with E-state index >= 15 is 0 Å². The van der Waals surface area contributed by atoms with E-state index < -0.39 is 6.04 Å². The normalized spacial score (nSPS) is 27.6. The monoisotopic (exact) mass is 630 g/mol. The number of carbonyl (C=O) groups is 4. The summed E-state index contributed by atoms with van der Waals surface area (Å²) in [5, 5.41) is 9.17. The maximum atomic E-state index is 12.7. The van der Waals surface area contributed by atoms with Crippen LogP contribution in [-0.4, -0.2) is 108 Å². The lowest BCUT2D eigenvalue weighted by atomic mass is 9.78. The average molecular weight is 631 g/mol. The van der Waals surface area contributed by atoms with E-state index in [2.05, 4.69) is 43.2 Å². The number of nitrogens with one attached hydrogen (secondary N) is 2. The fourth-order valence-corrected chi connectivity index (χ4v) is 7.99. The molecular formula is C34H58N6O5. The molecule has 45 heavy (non-hydrogen) atoms. The fourth-order valence-electron chi connectivity index (χ4n) is 7.99. The van der Waals surface area contributed by atoms with Crippen LogP contribution in [0.5, 0.6) is 0 Å². The Morgan fingerprint density at radius 1 is 1.09 bits per heavy atom. The van der Waals surface area contributed by atoms with Crippen LogP contribution in [-0.2, 0) is 19.1 Å². The predicted octanol–water partition coefficient (Wildman–Crippen LogP) is 3.82. The van der Waals surface area contributed by atoms with Crippen molar-refractivity contribution in [1.29, 1.82) is 0 Å². The largest absolute Gasteiger partial charge is 0.378 e. The molecule has 1 aromatic heterocycles. The Kier molecular flexibility index (Phi) is 10.6. The van der Waals surface area contributed by atoms with Crippen molar-refractivity contribution in [3.8, 4) is 0 Å². The Hall–Kier alpha value is -2.95. The number of aromatic nitrogens is 2. The van der Waals surface area contributed by atoms with Gasteiger partial charge in [-0.15, -0.1) is 0 Å². The smallest absolute Gasteiger partial charge is 0.257 e. The summed E-state index contributed by atoms with van der Waals surface area (Å²) in [4.78, 5) is 54.0. The number of nitrogens with zero attached hydrogens (tertiary/aromatic N) is 4. The highest BCUT2D eigenvalue weighted by atomic mass is 16.5. The maximum Gasteiger partial charge on any atom is 0.257 e. The molecule has 2 saturated carbocycles. The highest BCUT2D eigenvalue weighted by Gasteiger charge is 2.57. The van der Waals surface area contributed by atoms with Crippen LogP contribution in [0.25, 0.3) is 0 Å². The van der Waals surface area contributed by atoms with Gasteiger partial charge in [0.2, 0.25) is 18.2 Å². The highest BCUT2D eigenvalue weighted by Crippen LogP contribution is 2.54. The minimum absolute atomic E-state index is 0. The molecule has 11 heteroatoms. The van der Waals surface area contributed by atoms with E-state index in [9.17, 15) is 19.2 Å². The molecule has 4 atom stereocenters. The third kappa shape index (κ3) is 8.26. The molecule has 5 fully saturated rings. The van der Waals surface area contributed by atoms with Gasteiger partial charge in [-0.1, -0.05) is 47.0 Å². The van der Waals surface area contributed by atoms with Crippen molar-refractivity contribution >= 4 is 24.1 Å². The molecule has 5 aliphatic rings. The van der Waals surface area contributed by atoms with E-state index in [0.29, 0.717) is 42.2 Å². The molecule has 2 N–H and O–H groups in total. The summed E-state index contributed by atoms with van der Waals surface area (Å²) in [5.41, 5.74) is 0.941. The van der Waals surface area contributed by atoms with Gasteiger partial charge in [0.25, 0.3) is 5.91 Å². The molecule has 11 nitrogen and oxygen atoms in total. The molecule has 4 amide bonds. The first kappa shape index (κ1) is 33.4. The standard InChI is InChI=1S/C18H32N2O3.C16H22N4O2.2H2/c1-14-8-15(2)10-20(9-14)18(22)17(19-13-21)12-23-11-16-6-4-3-5-7-16;1-15(2)5-12(15)14(22)20-9-16(10-20)3-4-19(8-16)13(21)11-6-17-18-7-11;;/h13-17H,3-12H2,1-2H3,(H,19,21);6-7,12H,3-5,8-10H2,1-2H3,(H,17,18);2*1H/t14-,15+,17-;12-;;/m01../s1. The summed E-state index contributed by atoms with van der Waals surface area (Å²) in [7, 11) is 0. The van der Waals surface area contributed by atoms with E-state index in [1.807, 2.05) is 14.7 Å². The Bertz CT molecular complexity index is 1180. The van der Waals surface area contributed by atoms with E-state index in [-0.39, 0.29) is 38.0 Å². The molecule has 254 valence electrons. The molecule has 0 unspecified atom stereocenters. The van der Waals surface area contributed by atoms with Gasteiger partial charge in [0.1, 0.15) is 6.04 Å². The average Bonchev–Trinajstić information content (AvgIpc) is 3.38. The fraction of sp³-hybridized carbons (Fsp3) is 0.794. The van der Waals surface area contributed by atoms with E-state index in [0.717, 1.165) is 58.5 Å². The number of aromatic amines is 1. The second-order valence-corrected chi connectivity index (χ2v) is 15.5.